The zero-order valence-corrected chi connectivity index (χ0v) is 11.3. The van der Waals surface area contributed by atoms with E-state index in [0.717, 1.165) is 17.9 Å². The first kappa shape index (κ1) is 12.9. The summed E-state index contributed by atoms with van der Waals surface area (Å²) in [6, 6.07) is 3.79. The number of aliphatic hydroxyl groups excluding tert-OH is 1. The lowest BCUT2D eigenvalue weighted by molar-refractivity contribution is -0.0316. The molecule has 0 aromatic carbocycles. The van der Waals surface area contributed by atoms with E-state index in [-0.39, 0.29) is 12.6 Å². The van der Waals surface area contributed by atoms with Crippen molar-refractivity contribution >= 4 is 17.2 Å². The predicted molar refractivity (Wildman–Crippen MR) is 72.3 cm³/mol. The van der Waals surface area contributed by atoms with Gasteiger partial charge in [-0.15, -0.1) is 0 Å². The van der Waals surface area contributed by atoms with Crippen LogP contribution in [-0.4, -0.2) is 51.8 Å². The molecule has 1 fully saturated rings. The van der Waals surface area contributed by atoms with E-state index in [9.17, 15) is 5.11 Å². The van der Waals surface area contributed by atoms with Gasteiger partial charge in [0.15, 0.2) is 0 Å². The number of rotatable bonds is 3. The second-order valence-corrected chi connectivity index (χ2v) is 5.16. The Morgan fingerprint density at radius 2 is 2.32 bits per heavy atom. The van der Waals surface area contributed by atoms with Gasteiger partial charge in [-0.05, 0) is 12.1 Å². The minimum absolute atomic E-state index is 0.0575. The first-order valence-electron chi connectivity index (χ1n) is 6.32. The van der Waals surface area contributed by atoms with Crippen molar-refractivity contribution in [1.82, 2.24) is 14.3 Å². The summed E-state index contributed by atoms with van der Waals surface area (Å²) in [6.45, 7) is 2.93. The molecule has 0 spiro atoms. The number of halogens is 1. The third kappa shape index (κ3) is 2.74. The Kier molecular flexibility index (Phi) is 3.70. The van der Waals surface area contributed by atoms with Gasteiger partial charge in [-0.2, -0.15) is 0 Å². The quantitative estimate of drug-likeness (QED) is 0.918. The molecule has 1 N–H and O–H groups in total. The maximum atomic E-state index is 9.35. The van der Waals surface area contributed by atoms with Gasteiger partial charge in [0.05, 0.1) is 36.6 Å². The number of imidazole rings is 1. The van der Waals surface area contributed by atoms with Crippen LogP contribution >= 0.6 is 11.6 Å². The molecular weight excluding hydrogens is 266 g/mol. The molecule has 1 aliphatic heterocycles. The Morgan fingerprint density at radius 3 is 3.16 bits per heavy atom. The number of ether oxygens (including phenoxy) is 1. The Labute approximate surface area is 116 Å². The van der Waals surface area contributed by atoms with Crippen LogP contribution in [0.4, 0.5) is 0 Å². The first-order valence-corrected chi connectivity index (χ1v) is 6.70. The van der Waals surface area contributed by atoms with Crippen LogP contribution < -0.4 is 0 Å². The Morgan fingerprint density at radius 1 is 1.42 bits per heavy atom. The molecule has 0 aliphatic carbocycles. The van der Waals surface area contributed by atoms with Crippen molar-refractivity contribution in [2.24, 2.45) is 0 Å². The molecular formula is C13H16ClN3O2. The predicted octanol–water partition coefficient (Wildman–Crippen LogP) is 1.18. The molecule has 2 aromatic heterocycles. The highest BCUT2D eigenvalue weighted by atomic mass is 35.5. The van der Waals surface area contributed by atoms with Crippen molar-refractivity contribution in [3.05, 3.63) is 35.2 Å². The molecule has 0 saturated carbocycles. The molecule has 1 unspecified atom stereocenters. The summed E-state index contributed by atoms with van der Waals surface area (Å²) < 4.78 is 7.29. The summed E-state index contributed by atoms with van der Waals surface area (Å²) in [4.78, 5) is 6.76. The molecule has 3 rings (SSSR count). The van der Waals surface area contributed by atoms with Gasteiger partial charge < -0.3 is 14.2 Å². The molecule has 0 radical (unpaired) electrons. The SMILES string of the molecule is OCC1COCCN1Cc1cn2cc(Cl)ccc2n1. The zero-order valence-electron chi connectivity index (χ0n) is 10.5. The molecule has 5 nitrogen and oxygen atoms in total. The number of aliphatic hydroxyl groups is 1. The van der Waals surface area contributed by atoms with E-state index >= 15 is 0 Å². The first-order chi connectivity index (χ1) is 9.26. The van der Waals surface area contributed by atoms with Crippen molar-refractivity contribution in [3.63, 3.8) is 0 Å². The average Bonchev–Trinajstić information content (AvgIpc) is 2.80. The van der Waals surface area contributed by atoms with E-state index in [4.69, 9.17) is 16.3 Å². The average molecular weight is 282 g/mol. The highest BCUT2D eigenvalue weighted by Crippen LogP contribution is 2.15. The van der Waals surface area contributed by atoms with E-state index in [1.807, 2.05) is 28.9 Å². The van der Waals surface area contributed by atoms with Crippen LogP contribution in [-0.2, 0) is 11.3 Å². The van der Waals surface area contributed by atoms with E-state index < -0.39 is 0 Å². The molecule has 1 saturated heterocycles. The van der Waals surface area contributed by atoms with Crippen LogP contribution in [0.25, 0.3) is 5.65 Å². The van der Waals surface area contributed by atoms with Gasteiger partial charge in [-0.3, -0.25) is 4.90 Å². The molecule has 0 amide bonds. The van der Waals surface area contributed by atoms with Crippen molar-refractivity contribution < 1.29 is 9.84 Å². The van der Waals surface area contributed by atoms with Crippen LogP contribution in [0.1, 0.15) is 5.69 Å². The number of fused-ring (bicyclic) bond motifs is 1. The van der Waals surface area contributed by atoms with Crippen molar-refractivity contribution in [1.29, 1.82) is 0 Å². The van der Waals surface area contributed by atoms with Crippen LogP contribution in [0.2, 0.25) is 5.02 Å². The lowest BCUT2D eigenvalue weighted by Crippen LogP contribution is -2.46. The van der Waals surface area contributed by atoms with E-state index in [1.54, 1.807) is 0 Å². The smallest absolute Gasteiger partial charge is 0.137 e. The minimum Gasteiger partial charge on any atom is -0.395 e. The normalized spacial score (nSPS) is 21.1. The monoisotopic (exact) mass is 281 g/mol. The Balaban J connectivity index is 1.80. The topological polar surface area (TPSA) is 50.0 Å². The van der Waals surface area contributed by atoms with E-state index in [0.29, 0.717) is 24.8 Å². The Hall–Kier alpha value is -1.14. The summed E-state index contributed by atoms with van der Waals surface area (Å²) in [7, 11) is 0. The molecule has 102 valence electrons. The van der Waals surface area contributed by atoms with Gasteiger partial charge in [0.1, 0.15) is 5.65 Å². The molecule has 3 heterocycles. The zero-order chi connectivity index (χ0) is 13.2. The highest BCUT2D eigenvalue weighted by molar-refractivity contribution is 6.30. The summed E-state index contributed by atoms with van der Waals surface area (Å²) >= 11 is 5.96. The van der Waals surface area contributed by atoms with Crippen molar-refractivity contribution in [2.75, 3.05) is 26.4 Å². The summed E-state index contributed by atoms with van der Waals surface area (Å²) in [5.41, 5.74) is 1.86. The number of morpholine rings is 1. The van der Waals surface area contributed by atoms with Crippen LogP contribution in [0.3, 0.4) is 0 Å². The molecule has 19 heavy (non-hydrogen) atoms. The number of nitrogens with zero attached hydrogens (tertiary/aromatic N) is 3. The third-order valence-corrected chi connectivity index (χ3v) is 3.61. The van der Waals surface area contributed by atoms with Crippen LogP contribution in [0.15, 0.2) is 24.5 Å². The number of aromatic nitrogens is 2. The van der Waals surface area contributed by atoms with Gasteiger partial charge in [0.2, 0.25) is 0 Å². The Bertz CT molecular complexity index is 572. The van der Waals surface area contributed by atoms with E-state index in [2.05, 4.69) is 9.88 Å². The summed E-state index contributed by atoms with van der Waals surface area (Å²) in [6.07, 6.45) is 3.82. The number of pyridine rings is 1. The standard InChI is InChI=1S/C13H16ClN3O2/c14-10-1-2-13-15-11(7-17(13)5-10)6-16-3-4-19-9-12(16)8-18/h1-2,5,7,12,18H,3-4,6,8-9H2. The number of hydrogen-bond donors (Lipinski definition) is 1. The summed E-state index contributed by atoms with van der Waals surface area (Å²) in [5.74, 6) is 0. The second kappa shape index (κ2) is 5.46. The lowest BCUT2D eigenvalue weighted by Gasteiger charge is -2.33. The summed E-state index contributed by atoms with van der Waals surface area (Å²) in [5, 5.41) is 10.0. The van der Waals surface area contributed by atoms with Crippen molar-refractivity contribution in [2.45, 2.75) is 12.6 Å². The molecule has 1 atom stereocenters. The van der Waals surface area contributed by atoms with E-state index in [1.165, 1.54) is 0 Å². The van der Waals surface area contributed by atoms with Crippen molar-refractivity contribution in [3.8, 4) is 0 Å². The lowest BCUT2D eigenvalue weighted by atomic mass is 10.2. The second-order valence-electron chi connectivity index (χ2n) is 4.73. The van der Waals surface area contributed by atoms with Gasteiger partial charge in [0, 0.05) is 25.5 Å². The maximum Gasteiger partial charge on any atom is 0.137 e. The molecule has 0 bridgehead atoms. The van der Waals surface area contributed by atoms with Gasteiger partial charge >= 0.3 is 0 Å². The van der Waals surface area contributed by atoms with Gasteiger partial charge in [-0.25, -0.2) is 4.98 Å². The van der Waals surface area contributed by atoms with Gasteiger partial charge in [0.25, 0.3) is 0 Å². The van der Waals surface area contributed by atoms with Gasteiger partial charge in [-0.1, -0.05) is 11.6 Å². The number of hydrogen-bond acceptors (Lipinski definition) is 4. The fourth-order valence-electron chi connectivity index (χ4n) is 2.37. The van der Waals surface area contributed by atoms with Crippen LogP contribution in [0.5, 0.6) is 0 Å². The fourth-order valence-corrected chi connectivity index (χ4v) is 2.54. The maximum absolute atomic E-state index is 9.35. The molecule has 6 heteroatoms. The third-order valence-electron chi connectivity index (χ3n) is 3.39. The molecule has 1 aliphatic rings. The largest absolute Gasteiger partial charge is 0.395 e. The highest BCUT2D eigenvalue weighted by Gasteiger charge is 2.22. The van der Waals surface area contributed by atoms with Crippen LogP contribution in [0, 0.1) is 0 Å². The molecule has 2 aromatic rings. The fraction of sp³-hybridized carbons (Fsp3) is 0.462. The minimum atomic E-state index is 0.0575.